The predicted octanol–water partition coefficient (Wildman–Crippen LogP) is 4.45. The molecule has 2 aromatic carbocycles. The smallest absolute Gasteiger partial charge is 0.314 e. The van der Waals surface area contributed by atoms with Crippen molar-refractivity contribution in [1.29, 1.82) is 0 Å². The van der Waals surface area contributed by atoms with Gasteiger partial charge in [0.25, 0.3) is 0 Å². The number of anilines is 1. The van der Waals surface area contributed by atoms with Crippen molar-refractivity contribution in [3.63, 3.8) is 0 Å². The van der Waals surface area contributed by atoms with Gasteiger partial charge < -0.3 is 25.6 Å². The lowest BCUT2D eigenvalue weighted by Gasteiger charge is -2.45. The predicted molar refractivity (Wildman–Crippen MR) is 127 cm³/mol. The van der Waals surface area contributed by atoms with Gasteiger partial charge >= 0.3 is 6.03 Å². The molecule has 0 aromatic heterocycles. The van der Waals surface area contributed by atoms with E-state index >= 15 is 0 Å². The number of hydrogen-bond acceptors (Lipinski definition) is 4. The van der Waals surface area contributed by atoms with Crippen molar-refractivity contribution >= 4 is 27.6 Å². The molecule has 2 aliphatic rings. The Balaban J connectivity index is 1.49. The third kappa shape index (κ3) is 5.24. The van der Waals surface area contributed by atoms with Crippen LogP contribution in [0.3, 0.4) is 0 Å². The summed E-state index contributed by atoms with van der Waals surface area (Å²) in [5.41, 5.74) is 2.45. The summed E-state index contributed by atoms with van der Waals surface area (Å²) in [4.78, 5) is 14.1. The van der Waals surface area contributed by atoms with Crippen LogP contribution in [-0.4, -0.2) is 50.8 Å². The molecular weight excluding hydrogens is 475 g/mol. The number of carbonyl (C=O) groups excluding carboxylic acids is 1. The van der Waals surface area contributed by atoms with E-state index in [1.165, 1.54) is 6.07 Å². The minimum Gasteiger partial charge on any atom is -0.375 e. The first-order valence-corrected chi connectivity index (χ1v) is 11.8. The number of nitrogens with zero attached hydrogens (tertiary/aromatic N) is 1. The number of benzene rings is 2. The van der Waals surface area contributed by atoms with E-state index in [0.717, 1.165) is 30.5 Å². The second kappa shape index (κ2) is 10.2. The molecule has 1 saturated heterocycles. The molecule has 2 heterocycles. The summed E-state index contributed by atoms with van der Waals surface area (Å²) in [6.07, 6.45) is 1.37. The molecule has 4 atom stereocenters. The number of carbonyl (C=O) groups is 1. The summed E-state index contributed by atoms with van der Waals surface area (Å²) in [6.45, 7) is 1.79. The molecule has 8 heteroatoms. The highest BCUT2D eigenvalue weighted by atomic mass is 79.9. The Morgan fingerprint density at radius 3 is 2.75 bits per heavy atom. The van der Waals surface area contributed by atoms with Crippen LogP contribution in [0.1, 0.15) is 36.1 Å². The molecule has 0 unspecified atom stereocenters. The van der Waals surface area contributed by atoms with E-state index in [4.69, 9.17) is 4.74 Å². The Morgan fingerprint density at radius 1 is 1.22 bits per heavy atom. The van der Waals surface area contributed by atoms with E-state index in [1.807, 2.05) is 43.3 Å². The first kappa shape index (κ1) is 23.0. The first-order valence-electron chi connectivity index (χ1n) is 11.0. The van der Waals surface area contributed by atoms with Gasteiger partial charge in [0.1, 0.15) is 5.82 Å². The summed E-state index contributed by atoms with van der Waals surface area (Å²) < 4.78 is 22.1. The van der Waals surface area contributed by atoms with Gasteiger partial charge in [0, 0.05) is 35.6 Å². The molecule has 0 spiro atoms. The average molecular weight is 505 g/mol. The Kier molecular flexibility index (Phi) is 7.33. The fourth-order valence-electron chi connectivity index (χ4n) is 4.59. The van der Waals surface area contributed by atoms with Crippen molar-refractivity contribution in [2.75, 3.05) is 39.0 Å². The van der Waals surface area contributed by atoms with E-state index in [9.17, 15) is 9.18 Å². The second-order valence-corrected chi connectivity index (χ2v) is 9.66. The van der Waals surface area contributed by atoms with Gasteiger partial charge in [-0.1, -0.05) is 46.3 Å². The van der Waals surface area contributed by atoms with Gasteiger partial charge in [-0.15, -0.1) is 0 Å². The number of urea groups is 1. The number of hydrogen-bond donors (Lipinski definition) is 3. The summed E-state index contributed by atoms with van der Waals surface area (Å²) in [5, 5.41) is 9.22. The molecule has 0 aliphatic carbocycles. The molecule has 4 rings (SSSR count). The highest BCUT2D eigenvalue weighted by Crippen LogP contribution is 2.51. The van der Waals surface area contributed by atoms with Gasteiger partial charge in [-0.25, -0.2) is 9.18 Å². The van der Waals surface area contributed by atoms with E-state index < -0.39 is 0 Å². The molecule has 0 saturated carbocycles. The Bertz CT molecular complexity index is 943. The number of nitrogens with one attached hydrogen (secondary N) is 3. The van der Waals surface area contributed by atoms with Crippen molar-refractivity contribution in [1.82, 2.24) is 15.5 Å². The van der Waals surface area contributed by atoms with Crippen LogP contribution in [0, 0.1) is 11.7 Å². The normalized spacial score (nSPS) is 24.3. The molecule has 2 aromatic rings. The van der Waals surface area contributed by atoms with E-state index in [1.54, 1.807) is 0 Å². The summed E-state index contributed by atoms with van der Waals surface area (Å²) in [6, 6.07) is 13.3. The van der Waals surface area contributed by atoms with Gasteiger partial charge in [-0.05, 0) is 44.6 Å². The molecule has 1 fully saturated rings. The van der Waals surface area contributed by atoms with Gasteiger partial charge in [-0.3, -0.25) is 0 Å². The Labute approximate surface area is 197 Å². The van der Waals surface area contributed by atoms with Crippen LogP contribution in [0.5, 0.6) is 0 Å². The molecule has 3 N–H and O–H groups in total. The summed E-state index contributed by atoms with van der Waals surface area (Å²) >= 11 is 3.42. The third-order valence-electron chi connectivity index (χ3n) is 6.16. The van der Waals surface area contributed by atoms with Crippen LogP contribution in [0.15, 0.2) is 46.9 Å². The largest absolute Gasteiger partial charge is 0.375 e. The maximum absolute atomic E-state index is 14.9. The molecular formula is C24H30BrFN4O2. The maximum atomic E-state index is 14.9. The third-order valence-corrected chi connectivity index (χ3v) is 6.62. The van der Waals surface area contributed by atoms with Gasteiger partial charge in [-0.2, -0.15) is 0 Å². The average Bonchev–Trinajstić information content (AvgIpc) is 2.77. The zero-order valence-corrected chi connectivity index (χ0v) is 20.0. The SMILES string of the molecule is CN(C)CCNC(=O)NC[C@H]1CC[C@@H]2[C@H](O1)c1cc(Br)cc(F)c1N[C@H]2c1ccccc1. The van der Waals surface area contributed by atoms with Crippen molar-refractivity contribution < 1.29 is 13.9 Å². The standard InChI is InChI=1S/C24H30BrFN4O2/c1-30(2)11-10-27-24(31)28-14-17-8-9-18-21(15-6-4-3-5-7-15)29-22-19(23(18)32-17)12-16(25)13-20(22)26/h3-7,12-13,17-18,21,23,29H,8-11,14H2,1-2H3,(H2,27,28,31)/t17-,18+,21+,23+/m1/s1. The number of rotatable bonds is 6. The van der Waals surface area contributed by atoms with Crippen LogP contribution in [-0.2, 0) is 4.74 Å². The lowest BCUT2D eigenvalue weighted by atomic mass is 9.76. The fourth-order valence-corrected chi connectivity index (χ4v) is 5.03. The van der Waals surface area contributed by atoms with E-state index in [2.05, 4.69) is 44.0 Å². The number of fused-ring (bicyclic) bond motifs is 3. The Morgan fingerprint density at radius 2 is 2.00 bits per heavy atom. The fraction of sp³-hybridized carbons (Fsp3) is 0.458. The van der Waals surface area contributed by atoms with Crippen molar-refractivity contribution in [2.45, 2.75) is 31.1 Å². The second-order valence-electron chi connectivity index (χ2n) is 8.74. The lowest BCUT2D eigenvalue weighted by molar-refractivity contribution is -0.0908. The zero-order valence-electron chi connectivity index (χ0n) is 18.4. The number of ether oxygens (including phenoxy) is 1. The van der Waals surface area contributed by atoms with Crippen LogP contribution < -0.4 is 16.0 Å². The molecule has 2 aliphatic heterocycles. The first-order chi connectivity index (χ1) is 15.4. The summed E-state index contributed by atoms with van der Waals surface area (Å²) in [5.74, 6) is -0.123. The topological polar surface area (TPSA) is 65.6 Å². The molecule has 6 nitrogen and oxygen atoms in total. The van der Waals surface area contributed by atoms with Crippen LogP contribution in [0.25, 0.3) is 0 Å². The van der Waals surface area contributed by atoms with Gasteiger partial charge in [0.05, 0.1) is 23.9 Å². The summed E-state index contributed by atoms with van der Waals surface area (Å²) in [7, 11) is 3.93. The molecule has 172 valence electrons. The minimum absolute atomic E-state index is 0.0346. The van der Waals surface area contributed by atoms with E-state index in [-0.39, 0.29) is 36.0 Å². The monoisotopic (exact) mass is 504 g/mol. The molecule has 32 heavy (non-hydrogen) atoms. The van der Waals surface area contributed by atoms with Crippen molar-refractivity contribution in [3.8, 4) is 0 Å². The molecule has 0 radical (unpaired) electrons. The number of halogens is 2. The number of amides is 2. The van der Waals surface area contributed by atoms with Crippen LogP contribution in [0.2, 0.25) is 0 Å². The van der Waals surface area contributed by atoms with Crippen molar-refractivity contribution in [2.24, 2.45) is 5.92 Å². The maximum Gasteiger partial charge on any atom is 0.314 e. The van der Waals surface area contributed by atoms with Crippen LogP contribution >= 0.6 is 15.9 Å². The highest BCUT2D eigenvalue weighted by Gasteiger charge is 2.43. The lowest BCUT2D eigenvalue weighted by Crippen LogP contribution is -2.46. The number of likely N-dealkylation sites (N-methyl/N-ethyl adjacent to an activating group) is 1. The van der Waals surface area contributed by atoms with Gasteiger partial charge in [0.15, 0.2) is 0 Å². The zero-order chi connectivity index (χ0) is 22.7. The molecule has 0 bridgehead atoms. The van der Waals surface area contributed by atoms with Crippen molar-refractivity contribution in [3.05, 3.63) is 63.9 Å². The quantitative estimate of drug-likeness (QED) is 0.543. The minimum atomic E-state index is -0.294. The Hall–Kier alpha value is -2.16. The van der Waals surface area contributed by atoms with Crippen LogP contribution in [0.4, 0.5) is 14.9 Å². The van der Waals surface area contributed by atoms with E-state index in [0.29, 0.717) is 23.2 Å². The van der Waals surface area contributed by atoms with Gasteiger partial charge in [0.2, 0.25) is 0 Å². The molecule has 2 amide bonds. The highest BCUT2D eigenvalue weighted by molar-refractivity contribution is 9.10.